The Morgan fingerprint density at radius 3 is 2.92 bits per heavy atom. The third kappa shape index (κ3) is 3.76. The molecule has 0 saturated heterocycles. The number of anilines is 1. The Kier molecular flexibility index (Phi) is 5.23. The lowest BCUT2D eigenvalue weighted by Gasteiger charge is -2.26. The molecule has 1 aliphatic heterocycles. The number of fused-ring (bicyclic) bond motifs is 1. The van der Waals surface area contributed by atoms with Crippen LogP contribution in [0.5, 0.6) is 0 Å². The van der Waals surface area contributed by atoms with Crippen molar-refractivity contribution >= 4 is 29.1 Å². The molecule has 3 rings (SSSR count). The second-order valence-corrected chi connectivity index (χ2v) is 6.72. The summed E-state index contributed by atoms with van der Waals surface area (Å²) in [6.07, 6.45) is 0.938. The summed E-state index contributed by atoms with van der Waals surface area (Å²) in [4.78, 5) is 23.9. The number of rotatable bonds is 5. The summed E-state index contributed by atoms with van der Waals surface area (Å²) in [5.74, 6) is 0.310. The van der Waals surface area contributed by atoms with Crippen molar-refractivity contribution in [1.29, 1.82) is 0 Å². The third-order valence-corrected chi connectivity index (χ3v) is 5.11. The topological polar surface area (TPSA) is 81.5 Å². The number of nitrogens with one attached hydrogen (secondary N) is 1. The SMILES string of the molecule is CCOC(=O)c1cc(NC2CCSc3ccccc32)ccc1[N+](=O)[O-]. The fraction of sp³-hybridized carbons (Fsp3) is 0.278. The molecule has 1 atom stereocenters. The predicted molar refractivity (Wildman–Crippen MR) is 97.2 cm³/mol. The smallest absolute Gasteiger partial charge is 0.345 e. The summed E-state index contributed by atoms with van der Waals surface area (Å²) >= 11 is 1.82. The Morgan fingerprint density at radius 1 is 1.36 bits per heavy atom. The van der Waals surface area contributed by atoms with Gasteiger partial charge < -0.3 is 10.1 Å². The molecule has 0 amide bonds. The van der Waals surface area contributed by atoms with Crippen LogP contribution in [0, 0.1) is 10.1 Å². The lowest BCUT2D eigenvalue weighted by atomic mass is 10.0. The molecule has 1 aliphatic rings. The van der Waals surface area contributed by atoms with E-state index in [9.17, 15) is 14.9 Å². The van der Waals surface area contributed by atoms with Crippen LogP contribution >= 0.6 is 11.8 Å². The van der Waals surface area contributed by atoms with E-state index < -0.39 is 10.9 Å². The Bertz CT molecular complexity index is 809. The van der Waals surface area contributed by atoms with Crippen LogP contribution in [0.4, 0.5) is 11.4 Å². The van der Waals surface area contributed by atoms with Gasteiger partial charge in [0.05, 0.1) is 17.6 Å². The van der Waals surface area contributed by atoms with Gasteiger partial charge in [-0.15, -0.1) is 11.8 Å². The highest BCUT2D eigenvalue weighted by Crippen LogP contribution is 2.38. The largest absolute Gasteiger partial charge is 0.462 e. The van der Waals surface area contributed by atoms with E-state index in [1.807, 2.05) is 23.9 Å². The molecular weight excluding hydrogens is 340 g/mol. The van der Waals surface area contributed by atoms with Gasteiger partial charge in [-0.05, 0) is 37.1 Å². The number of carbonyl (C=O) groups excluding carboxylic acids is 1. The first kappa shape index (κ1) is 17.3. The van der Waals surface area contributed by atoms with Gasteiger partial charge >= 0.3 is 5.97 Å². The average molecular weight is 358 g/mol. The third-order valence-electron chi connectivity index (χ3n) is 3.99. The van der Waals surface area contributed by atoms with Gasteiger partial charge in [0.2, 0.25) is 0 Å². The first-order valence-corrected chi connectivity index (χ1v) is 9.02. The highest BCUT2D eigenvalue weighted by molar-refractivity contribution is 7.99. The molecule has 0 saturated carbocycles. The maximum atomic E-state index is 12.1. The number of hydrogen-bond donors (Lipinski definition) is 1. The Labute approximate surface area is 149 Å². The molecule has 2 aromatic carbocycles. The summed E-state index contributed by atoms with van der Waals surface area (Å²) in [7, 11) is 0. The number of benzene rings is 2. The minimum atomic E-state index is -0.683. The molecule has 6 nitrogen and oxygen atoms in total. The van der Waals surface area contributed by atoms with Crippen LogP contribution in [0.3, 0.4) is 0 Å². The van der Waals surface area contributed by atoms with Crippen LogP contribution in [0.1, 0.15) is 35.3 Å². The van der Waals surface area contributed by atoms with Gasteiger partial charge in [0, 0.05) is 22.4 Å². The zero-order chi connectivity index (χ0) is 17.8. The molecule has 0 bridgehead atoms. The van der Waals surface area contributed by atoms with Crippen molar-refractivity contribution in [2.45, 2.75) is 24.3 Å². The van der Waals surface area contributed by atoms with Crippen molar-refractivity contribution in [1.82, 2.24) is 0 Å². The molecule has 7 heteroatoms. The van der Waals surface area contributed by atoms with Crippen molar-refractivity contribution in [3.05, 3.63) is 63.7 Å². The van der Waals surface area contributed by atoms with Crippen LogP contribution < -0.4 is 5.32 Å². The lowest BCUT2D eigenvalue weighted by Crippen LogP contribution is -2.16. The minimum Gasteiger partial charge on any atom is -0.462 e. The summed E-state index contributed by atoms with van der Waals surface area (Å²) in [5, 5.41) is 14.6. The van der Waals surface area contributed by atoms with E-state index in [0.29, 0.717) is 5.69 Å². The van der Waals surface area contributed by atoms with E-state index in [0.717, 1.165) is 12.2 Å². The molecule has 0 radical (unpaired) electrons. The van der Waals surface area contributed by atoms with E-state index in [1.54, 1.807) is 13.0 Å². The van der Waals surface area contributed by atoms with Gasteiger partial charge in [0.15, 0.2) is 0 Å². The summed E-state index contributed by atoms with van der Waals surface area (Å²) in [6, 6.07) is 12.8. The maximum Gasteiger partial charge on any atom is 0.345 e. The fourth-order valence-corrected chi connectivity index (χ4v) is 3.98. The molecule has 2 aromatic rings. The van der Waals surface area contributed by atoms with Crippen LogP contribution in [0.2, 0.25) is 0 Å². The lowest BCUT2D eigenvalue weighted by molar-refractivity contribution is -0.385. The van der Waals surface area contributed by atoms with E-state index >= 15 is 0 Å². The van der Waals surface area contributed by atoms with E-state index in [2.05, 4.69) is 17.4 Å². The van der Waals surface area contributed by atoms with Crippen LogP contribution in [0.25, 0.3) is 0 Å². The second kappa shape index (κ2) is 7.57. The van der Waals surface area contributed by atoms with Gasteiger partial charge in [-0.25, -0.2) is 4.79 Å². The van der Waals surface area contributed by atoms with Gasteiger partial charge in [-0.3, -0.25) is 10.1 Å². The molecule has 1 unspecified atom stereocenters. The number of nitrogens with zero attached hydrogens (tertiary/aromatic N) is 1. The molecule has 130 valence electrons. The van der Waals surface area contributed by atoms with Crippen molar-refractivity contribution in [3.8, 4) is 0 Å². The molecule has 1 N–H and O–H groups in total. The number of ether oxygens (including phenoxy) is 1. The first-order chi connectivity index (χ1) is 12.1. The standard InChI is InChI=1S/C18H18N2O4S/c1-2-24-18(21)14-11-12(7-8-16(14)20(22)23)19-15-9-10-25-17-6-4-3-5-13(15)17/h3-8,11,15,19H,2,9-10H2,1H3. The number of esters is 1. The van der Waals surface area contributed by atoms with Crippen molar-refractivity contribution in [2.75, 3.05) is 17.7 Å². The van der Waals surface area contributed by atoms with E-state index in [1.165, 1.54) is 22.6 Å². The predicted octanol–water partition coefficient (Wildman–Crippen LogP) is 4.42. The first-order valence-electron chi connectivity index (χ1n) is 8.04. The monoisotopic (exact) mass is 358 g/mol. The van der Waals surface area contributed by atoms with Crippen molar-refractivity contribution in [2.24, 2.45) is 0 Å². The van der Waals surface area contributed by atoms with Crippen molar-refractivity contribution in [3.63, 3.8) is 0 Å². The number of thioether (sulfide) groups is 1. The Hall–Kier alpha value is -2.54. The maximum absolute atomic E-state index is 12.1. The number of carbonyl (C=O) groups is 1. The quantitative estimate of drug-likeness (QED) is 0.484. The van der Waals surface area contributed by atoms with Gasteiger partial charge in [0.25, 0.3) is 5.69 Å². The Balaban J connectivity index is 1.90. The molecule has 0 spiro atoms. The van der Waals surface area contributed by atoms with E-state index in [-0.39, 0.29) is 23.9 Å². The highest BCUT2D eigenvalue weighted by atomic mass is 32.2. The fourth-order valence-electron chi connectivity index (χ4n) is 2.85. The summed E-state index contributed by atoms with van der Waals surface area (Å²) in [6.45, 7) is 1.84. The van der Waals surface area contributed by atoms with Crippen molar-refractivity contribution < 1.29 is 14.5 Å². The number of nitro groups is 1. The number of hydrogen-bond acceptors (Lipinski definition) is 6. The van der Waals surface area contributed by atoms with Gasteiger partial charge in [-0.2, -0.15) is 0 Å². The normalized spacial score (nSPS) is 16.0. The van der Waals surface area contributed by atoms with Crippen LogP contribution in [0.15, 0.2) is 47.4 Å². The summed E-state index contributed by atoms with van der Waals surface area (Å²) < 4.78 is 4.95. The van der Waals surface area contributed by atoms with Crippen LogP contribution in [-0.4, -0.2) is 23.3 Å². The van der Waals surface area contributed by atoms with Crippen LogP contribution in [-0.2, 0) is 4.74 Å². The van der Waals surface area contributed by atoms with Gasteiger partial charge in [0.1, 0.15) is 5.56 Å². The minimum absolute atomic E-state index is 0.0321. The Morgan fingerprint density at radius 2 is 2.16 bits per heavy atom. The average Bonchev–Trinajstić information content (AvgIpc) is 2.62. The zero-order valence-corrected chi connectivity index (χ0v) is 14.5. The highest BCUT2D eigenvalue weighted by Gasteiger charge is 2.24. The van der Waals surface area contributed by atoms with E-state index in [4.69, 9.17) is 4.74 Å². The molecule has 0 fully saturated rings. The molecular formula is C18H18N2O4S. The number of nitro benzene ring substituents is 1. The molecule has 0 aromatic heterocycles. The molecule has 0 aliphatic carbocycles. The molecule has 1 heterocycles. The zero-order valence-electron chi connectivity index (χ0n) is 13.7. The second-order valence-electron chi connectivity index (χ2n) is 5.58. The molecule has 25 heavy (non-hydrogen) atoms. The summed E-state index contributed by atoms with van der Waals surface area (Å²) in [5.41, 5.74) is 1.59. The van der Waals surface area contributed by atoms with Gasteiger partial charge in [-0.1, -0.05) is 18.2 Å².